The fourth-order valence-electron chi connectivity index (χ4n) is 4.12. The molecule has 3 aromatic rings. The highest BCUT2D eigenvalue weighted by Gasteiger charge is 2.28. The van der Waals surface area contributed by atoms with Crippen LogP contribution in [0.15, 0.2) is 34.8 Å². The molecule has 5 nitrogen and oxygen atoms in total. The molecule has 0 bridgehead atoms. The van der Waals surface area contributed by atoms with Crippen molar-refractivity contribution >= 4 is 21.4 Å². The summed E-state index contributed by atoms with van der Waals surface area (Å²) in [5.74, 6) is 0.992. The van der Waals surface area contributed by atoms with Gasteiger partial charge in [0.15, 0.2) is 0 Å². The van der Waals surface area contributed by atoms with Crippen LogP contribution in [-0.2, 0) is 22.9 Å². The summed E-state index contributed by atoms with van der Waals surface area (Å²) < 4.78 is 41.7. The Labute approximate surface area is 174 Å². The van der Waals surface area contributed by atoms with Gasteiger partial charge in [0.1, 0.15) is 15.9 Å². The Morgan fingerprint density at radius 1 is 1.38 bits per heavy atom. The Balaban J connectivity index is 1.80. The topological polar surface area (TPSA) is 78.0 Å². The summed E-state index contributed by atoms with van der Waals surface area (Å²) in [5.41, 5.74) is 2.52. The zero-order valence-corrected chi connectivity index (χ0v) is 18.3. The molecular formula is C21H24FN3O2S2. The number of hydrogen-bond acceptors (Lipinski definition) is 4. The summed E-state index contributed by atoms with van der Waals surface area (Å²) in [6.07, 6.45) is 5.98. The van der Waals surface area contributed by atoms with Gasteiger partial charge in [0.25, 0.3) is 0 Å². The van der Waals surface area contributed by atoms with E-state index in [1.165, 1.54) is 17.4 Å². The Morgan fingerprint density at radius 3 is 2.79 bits per heavy atom. The molecule has 0 saturated heterocycles. The summed E-state index contributed by atoms with van der Waals surface area (Å²) in [5, 5.41) is 5.50. The first-order valence-corrected chi connectivity index (χ1v) is 12.0. The van der Waals surface area contributed by atoms with Crippen molar-refractivity contribution in [2.45, 2.75) is 50.3 Å². The number of halogens is 1. The predicted octanol–water partition coefficient (Wildman–Crippen LogP) is 4.44. The van der Waals surface area contributed by atoms with E-state index >= 15 is 4.39 Å². The SMILES string of the molecule is Cc1c(CC(C)C)sc(S(N)(=O)=O)c1-c1ccc([C@@H]2CCc3nccn32)c(F)c1. The van der Waals surface area contributed by atoms with Gasteiger partial charge in [-0.2, -0.15) is 0 Å². The normalized spacial score (nSPS) is 16.6. The highest BCUT2D eigenvalue weighted by molar-refractivity contribution is 7.91. The van der Waals surface area contributed by atoms with Crippen molar-refractivity contribution in [2.24, 2.45) is 11.1 Å². The number of nitrogens with two attached hydrogens (primary N) is 1. The molecule has 0 saturated carbocycles. The van der Waals surface area contributed by atoms with Crippen LogP contribution >= 0.6 is 11.3 Å². The minimum Gasteiger partial charge on any atom is -0.327 e. The first-order valence-electron chi connectivity index (χ1n) is 9.63. The third kappa shape index (κ3) is 3.65. The second-order valence-corrected chi connectivity index (χ2v) is 10.9. The van der Waals surface area contributed by atoms with Crippen LogP contribution in [0.25, 0.3) is 11.1 Å². The number of primary sulfonamides is 1. The summed E-state index contributed by atoms with van der Waals surface area (Å²) >= 11 is 1.20. The van der Waals surface area contributed by atoms with E-state index in [4.69, 9.17) is 5.14 Å². The van der Waals surface area contributed by atoms with E-state index in [9.17, 15) is 8.42 Å². The standard InChI is InChI=1S/C21H24FN3O2S2/c1-12(2)10-18-13(3)20(21(28-18)29(23,26)27)14-4-5-15(16(22)11-14)17-6-7-19-24-8-9-25(17)19/h4-5,8-9,11-12,17H,6-7,10H2,1-3H3,(H2,23,26,27)/t17-/m0/s1. The number of sulfonamides is 1. The molecule has 29 heavy (non-hydrogen) atoms. The maximum absolute atomic E-state index is 15.2. The molecule has 4 rings (SSSR count). The molecule has 0 radical (unpaired) electrons. The van der Waals surface area contributed by atoms with Crippen molar-refractivity contribution in [2.75, 3.05) is 0 Å². The van der Waals surface area contributed by atoms with Gasteiger partial charge in [-0.15, -0.1) is 11.3 Å². The van der Waals surface area contributed by atoms with Gasteiger partial charge in [-0.25, -0.2) is 22.9 Å². The Bertz CT molecular complexity index is 1180. The van der Waals surface area contributed by atoms with Crippen LogP contribution in [0.2, 0.25) is 0 Å². The Kier molecular flexibility index (Phi) is 5.13. The predicted molar refractivity (Wildman–Crippen MR) is 113 cm³/mol. The Morgan fingerprint density at radius 2 is 2.14 bits per heavy atom. The molecule has 0 aliphatic carbocycles. The van der Waals surface area contributed by atoms with E-state index in [1.807, 2.05) is 17.7 Å². The fourth-order valence-corrected chi connectivity index (χ4v) is 6.71. The molecule has 3 heterocycles. The van der Waals surface area contributed by atoms with E-state index in [0.717, 1.165) is 35.5 Å². The monoisotopic (exact) mass is 433 g/mol. The number of thiophene rings is 1. The highest BCUT2D eigenvalue weighted by Crippen LogP contribution is 2.41. The third-order valence-electron chi connectivity index (χ3n) is 5.44. The van der Waals surface area contributed by atoms with Crippen LogP contribution in [0.5, 0.6) is 0 Å². The molecule has 0 spiro atoms. The van der Waals surface area contributed by atoms with Crippen molar-refractivity contribution in [1.82, 2.24) is 9.55 Å². The highest BCUT2D eigenvalue weighted by atomic mass is 32.2. The zero-order valence-electron chi connectivity index (χ0n) is 16.6. The van der Waals surface area contributed by atoms with E-state index in [2.05, 4.69) is 18.8 Å². The van der Waals surface area contributed by atoms with Gasteiger partial charge in [0.2, 0.25) is 10.0 Å². The van der Waals surface area contributed by atoms with Gasteiger partial charge >= 0.3 is 0 Å². The van der Waals surface area contributed by atoms with E-state index in [1.54, 1.807) is 18.3 Å². The molecule has 1 aliphatic rings. The third-order valence-corrected chi connectivity index (χ3v) is 8.22. The summed E-state index contributed by atoms with van der Waals surface area (Å²) in [6, 6.07) is 4.92. The molecular weight excluding hydrogens is 409 g/mol. The largest absolute Gasteiger partial charge is 0.327 e. The van der Waals surface area contributed by atoms with Crippen molar-refractivity contribution in [3.63, 3.8) is 0 Å². The molecule has 0 unspecified atom stereocenters. The van der Waals surface area contributed by atoms with Crippen LogP contribution in [0.4, 0.5) is 4.39 Å². The average Bonchev–Trinajstić information content (AvgIpc) is 3.30. The van der Waals surface area contributed by atoms with Gasteiger partial charge in [-0.05, 0) is 42.9 Å². The molecule has 1 aromatic carbocycles. The van der Waals surface area contributed by atoms with E-state index in [-0.39, 0.29) is 16.1 Å². The number of imidazole rings is 1. The number of nitrogens with zero attached hydrogens (tertiary/aromatic N) is 2. The number of fused-ring (bicyclic) bond motifs is 1. The lowest BCUT2D eigenvalue weighted by Crippen LogP contribution is -2.11. The zero-order chi connectivity index (χ0) is 20.9. The van der Waals surface area contributed by atoms with E-state index in [0.29, 0.717) is 22.6 Å². The molecule has 8 heteroatoms. The molecule has 0 fully saturated rings. The maximum atomic E-state index is 15.2. The number of aromatic nitrogens is 2. The van der Waals surface area contributed by atoms with Crippen molar-refractivity contribution in [3.8, 4) is 11.1 Å². The maximum Gasteiger partial charge on any atom is 0.248 e. The molecule has 1 aliphatic heterocycles. The molecule has 2 aromatic heterocycles. The second-order valence-electron chi connectivity index (χ2n) is 8.00. The number of aryl methyl sites for hydroxylation is 1. The smallest absolute Gasteiger partial charge is 0.248 e. The molecule has 0 amide bonds. The van der Waals surface area contributed by atoms with Crippen molar-refractivity contribution in [1.29, 1.82) is 0 Å². The first-order chi connectivity index (χ1) is 13.7. The van der Waals surface area contributed by atoms with Crippen molar-refractivity contribution in [3.05, 3.63) is 58.2 Å². The Hall–Kier alpha value is -2.03. The summed E-state index contributed by atoms with van der Waals surface area (Å²) in [4.78, 5) is 5.28. The number of rotatable bonds is 5. The minimum absolute atomic E-state index is 0.0839. The summed E-state index contributed by atoms with van der Waals surface area (Å²) in [7, 11) is -3.91. The first kappa shape index (κ1) is 20.3. The molecule has 1 atom stereocenters. The number of hydrogen-bond donors (Lipinski definition) is 1. The lowest BCUT2D eigenvalue weighted by Gasteiger charge is -2.15. The van der Waals surface area contributed by atoms with E-state index < -0.39 is 10.0 Å². The second kappa shape index (κ2) is 7.34. The van der Waals surface area contributed by atoms with Gasteiger partial charge in [-0.3, -0.25) is 0 Å². The lowest BCUT2D eigenvalue weighted by molar-refractivity contribution is 0.548. The van der Waals surface area contributed by atoms with Crippen LogP contribution < -0.4 is 5.14 Å². The molecule has 154 valence electrons. The lowest BCUT2D eigenvalue weighted by atomic mass is 9.97. The van der Waals surface area contributed by atoms with Crippen LogP contribution in [-0.4, -0.2) is 18.0 Å². The molecule has 2 N–H and O–H groups in total. The quantitative estimate of drug-likeness (QED) is 0.646. The van der Waals surface area contributed by atoms with Crippen LogP contribution in [0, 0.1) is 18.7 Å². The summed E-state index contributed by atoms with van der Waals surface area (Å²) in [6.45, 7) is 6.05. The van der Waals surface area contributed by atoms with Gasteiger partial charge in [0, 0.05) is 34.8 Å². The fraction of sp³-hybridized carbons (Fsp3) is 0.381. The average molecular weight is 434 g/mol. The van der Waals surface area contributed by atoms with Gasteiger partial charge < -0.3 is 4.57 Å². The van der Waals surface area contributed by atoms with Crippen LogP contribution in [0.1, 0.15) is 48.1 Å². The van der Waals surface area contributed by atoms with Crippen LogP contribution in [0.3, 0.4) is 0 Å². The number of benzene rings is 1. The minimum atomic E-state index is -3.91. The van der Waals surface area contributed by atoms with Gasteiger partial charge in [-0.1, -0.05) is 26.0 Å². The van der Waals surface area contributed by atoms with Crippen molar-refractivity contribution < 1.29 is 12.8 Å². The van der Waals surface area contributed by atoms with Gasteiger partial charge in [0.05, 0.1) is 6.04 Å².